The van der Waals surface area contributed by atoms with Gasteiger partial charge >= 0.3 is 17.9 Å². The van der Waals surface area contributed by atoms with Crippen LogP contribution in [0, 0.1) is 0 Å². The molecule has 0 aromatic heterocycles. The van der Waals surface area contributed by atoms with E-state index >= 15 is 0 Å². The third kappa shape index (κ3) is 60.4. The van der Waals surface area contributed by atoms with Crippen LogP contribution >= 0.6 is 0 Å². The second-order valence-electron chi connectivity index (χ2n) is 20.2. The zero-order valence-electron chi connectivity index (χ0n) is 49.2. The van der Waals surface area contributed by atoms with E-state index in [-0.39, 0.29) is 31.1 Å². The van der Waals surface area contributed by atoms with Crippen LogP contribution in [0.5, 0.6) is 0 Å². The average molecular weight is 1050 g/mol. The fourth-order valence-electron chi connectivity index (χ4n) is 8.30. The summed E-state index contributed by atoms with van der Waals surface area (Å²) in [6.45, 7) is 6.38. The molecule has 0 N–H and O–H groups in total. The van der Waals surface area contributed by atoms with Gasteiger partial charge in [0, 0.05) is 19.3 Å². The summed E-state index contributed by atoms with van der Waals surface area (Å²) in [6.07, 6.45) is 88.7. The maximum Gasteiger partial charge on any atom is 0.306 e. The van der Waals surface area contributed by atoms with Gasteiger partial charge in [-0.05, 0) is 116 Å². The van der Waals surface area contributed by atoms with Crippen molar-refractivity contribution in [1.82, 2.24) is 0 Å². The van der Waals surface area contributed by atoms with Crippen LogP contribution in [-0.2, 0) is 28.6 Å². The van der Waals surface area contributed by atoms with E-state index in [9.17, 15) is 14.4 Å². The lowest BCUT2D eigenvalue weighted by Crippen LogP contribution is -2.30. The summed E-state index contributed by atoms with van der Waals surface area (Å²) >= 11 is 0. The minimum absolute atomic E-state index is 0.0966. The number of allylic oxidation sites excluding steroid dienone is 22. The van der Waals surface area contributed by atoms with Gasteiger partial charge in [0.25, 0.3) is 0 Å². The Morgan fingerprint density at radius 2 is 0.513 bits per heavy atom. The van der Waals surface area contributed by atoms with Gasteiger partial charge in [0.2, 0.25) is 0 Å². The summed E-state index contributed by atoms with van der Waals surface area (Å²) in [4.78, 5) is 38.3. The average Bonchev–Trinajstić information content (AvgIpc) is 3.42. The smallest absolute Gasteiger partial charge is 0.306 e. The molecule has 0 aliphatic heterocycles. The molecule has 0 bridgehead atoms. The molecule has 0 aliphatic carbocycles. The second-order valence-corrected chi connectivity index (χ2v) is 20.2. The van der Waals surface area contributed by atoms with E-state index in [1.165, 1.54) is 83.5 Å². The number of hydrogen-bond donors (Lipinski definition) is 0. The van der Waals surface area contributed by atoms with E-state index in [1.807, 2.05) is 0 Å². The molecule has 0 aromatic rings. The summed E-state index contributed by atoms with van der Waals surface area (Å²) in [5.74, 6) is -0.943. The number of rotatable bonds is 55. The fraction of sp³-hybridized carbons (Fsp3) is 0.643. The predicted molar refractivity (Wildman–Crippen MR) is 329 cm³/mol. The number of esters is 3. The third-order valence-corrected chi connectivity index (χ3v) is 12.9. The molecule has 0 fully saturated rings. The first-order chi connectivity index (χ1) is 37.5. The van der Waals surface area contributed by atoms with Crippen LogP contribution in [0.4, 0.5) is 0 Å². The van der Waals surface area contributed by atoms with Crippen LogP contribution in [0.3, 0.4) is 0 Å². The van der Waals surface area contributed by atoms with E-state index in [4.69, 9.17) is 14.2 Å². The van der Waals surface area contributed by atoms with E-state index in [0.29, 0.717) is 19.3 Å². The van der Waals surface area contributed by atoms with Crippen molar-refractivity contribution in [1.29, 1.82) is 0 Å². The van der Waals surface area contributed by atoms with E-state index in [2.05, 4.69) is 154 Å². The van der Waals surface area contributed by atoms with Crippen LogP contribution in [0.15, 0.2) is 134 Å². The van der Waals surface area contributed by atoms with Crippen LogP contribution in [-0.4, -0.2) is 37.2 Å². The van der Waals surface area contributed by atoms with Gasteiger partial charge in [0.05, 0.1) is 0 Å². The third-order valence-electron chi connectivity index (χ3n) is 12.9. The number of ether oxygens (including phenoxy) is 3. The number of hydrogen-bond acceptors (Lipinski definition) is 6. The van der Waals surface area contributed by atoms with Gasteiger partial charge in [-0.3, -0.25) is 14.4 Å². The zero-order valence-corrected chi connectivity index (χ0v) is 49.2. The van der Waals surface area contributed by atoms with Crippen molar-refractivity contribution in [2.45, 2.75) is 277 Å². The lowest BCUT2D eigenvalue weighted by atomic mass is 10.0. The molecule has 0 amide bonds. The highest BCUT2D eigenvalue weighted by molar-refractivity contribution is 5.71. The zero-order chi connectivity index (χ0) is 55.0. The molecule has 0 saturated carbocycles. The first-order valence-corrected chi connectivity index (χ1v) is 31.2. The molecule has 76 heavy (non-hydrogen) atoms. The predicted octanol–water partition coefficient (Wildman–Crippen LogP) is 21.4. The second kappa shape index (κ2) is 63.1. The van der Waals surface area contributed by atoms with Gasteiger partial charge in [-0.25, -0.2) is 0 Å². The van der Waals surface area contributed by atoms with Gasteiger partial charge < -0.3 is 14.2 Å². The summed E-state index contributed by atoms with van der Waals surface area (Å²) in [7, 11) is 0. The Labute approximate surface area is 468 Å². The number of unbranched alkanes of at least 4 members (excludes halogenated alkanes) is 22. The first-order valence-electron chi connectivity index (χ1n) is 31.2. The van der Waals surface area contributed by atoms with Gasteiger partial charge in [-0.15, -0.1) is 0 Å². The van der Waals surface area contributed by atoms with Gasteiger partial charge in [0.1, 0.15) is 13.2 Å². The molecule has 0 heterocycles. The lowest BCUT2D eigenvalue weighted by Gasteiger charge is -2.18. The standard InChI is InChI=1S/C70H114O6/c1-4-7-10-13-16-19-22-25-28-30-32-33-34-35-36-37-39-40-42-45-48-51-54-57-60-63-69(72)75-66-67(65-74-68(71)62-59-56-53-50-47-44-27-24-21-18-15-12-9-6-3)76-70(73)64-61-58-55-52-49-46-43-41-38-31-29-26-23-20-17-14-11-8-5-2/h7-8,10-11,16-17,19-20,25-26,28-29,32-33,35-36,38-41,45,48,67H,4-6,9,12-15,18,21-24,27,30-31,34,37,42-44,46-47,49-66H2,1-3H3/b10-7-,11-8-,19-16-,20-17-,28-25-,29-26-,33-32-,36-35-,40-39-,41-38-,48-45-. The monoisotopic (exact) mass is 1050 g/mol. The van der Waals surface area contributed by atoms with E-state index < -0.39 is 6.10 Å². The van der Waals surface area contributed by atoms with Crippen molar-refractivity contribution < 1.29 is 28.6 Å². The molecule has 0 saturated heterocycles. The maximum atomic E-state index is 12.9. The summed E-state index contributed by atoms with van der Waals surface area (Å²) in [6, 6.07) is 0. The van der Waals surface area contributed by atoms with Crippen LogP contribution < -0.4 is 0 Å². The first kappa shape index (κ1) is 71.5. The fourth-order valence-corrected chi connectivity index (χ4v) is 8.30. The minimum Gasteiger partial charge on any atom is -0.462 e. The Hall–Kier alpha value is -4.45. The molecule has 6 nitrogen and oxygen atoms in total. The van der Waals surface area contributed by atoms with Crippen LogP contribution in [0.1, 0.15) is 271 Å². The van der Waals surface area contributed by atoms with Crippen molar-refractivity contribution in [3.63, 3.8) is 0 Å². The van der Waals surface area contributed by atoms with Crippen molar-refractivity contribution in [2.75, 3.05) is 13.2 Å². The molecule has 1 atom stereocenters. The lowest BCUT2D eigenvalue weighted by molar-refractivity contribution is -0.167. The molecule has 0 aromatic carbocycles. The van der Waals surface area contributed by atoms with Gasteiger partial charge in [-0.1, -0.05) is 270 Å². The summed E-state index contributed by atoms with van der Waals surface area (Å²) in [5, 5.41) is 0. The molecule has 0 aliphatic rings. The highest BCUT2D eigenvalue weighted by Gasteiger charge is 2.19. The Bertz CT molecular complexity index is 1630. The maximum absolute atomic E-state index is 12.9. The molecule has 0 rings (SSSR count). The largest absolute Gasteiger partial charge is 0.462 e. The highest BCUT2D eigenvalue weighted by atomic mass is 16.6. The Kier molecular flexibility index (Phi) is 59.4. The van der Waals surface area contributed by atoms with Crippen molar-refractivity contribution in [3.05, 3.63) is 134 Å². The Morgan fingerprint density at radius 1 is 0.276 bits per heavy atom. The molecule has 0 radical (unpaired) electrons. The summed E-state index contributed by atoms with van der Waals surface area (Å²) < 4.78 is 16.9. The molecule has 430 valence electrons. The van der Waals surface area contributed by atoms with E-state index in [0.717, 1.165) is 148 Å². The van der Waals surface area contributed by atoms with E-state index in [1.54, 1.807) is 0 Å². The quantitative estimate of drug-likeness (QED) is 0.0261. The SMILES string of the molecule is CC/C=C\C/C=C\C/C=C\C/C=C\C/C=C\C/C=C\C/C=C\CCCCCC(=O)OCC(COC(=O)CCCCCCCCCCCCCCCC)OC(=O)CCCCCCCC/C=C\C/C=C\C/C=C\C/C=C\CC. The molecular formula is C70H114O6. The van der Waals surface area contributed by atoms with Crippen LogP contribution in [0.2, 0.25) is 0 Å². The number of carbonyl (C=O) groups excluding carboxylic acids is 3. The van der Waals surface area contributed by atoms with Crippen molar-refractivity contribution >= 4 is 17.9 Å². The molecule has 1 unspecified atom stereocenters. The highest BCUT2D eigenvalue weighted by Crippen LogP contribution is 2.15. The van der Waals surface area contributed by atoms with Crippen molar-refractivity contribution in [3.8, 4) is 0 Å². The molecular weight excluding hydrogens is 937 g/mol. The Balaban J connectivity index is 4.47. The van der Waals surface area contributed by atoms with Crippen molar-refractivity contribution in [2.24, 2.45) is 0 Å². The normalized spacial score (nSPS) is 13.0. The van der Waals surface area contributed by atoms with Crippen LogP contribution in [0.25, 0.3) is 0 Å². The van der Waals surface area contributed by atoms with Gasteiger partial charge in [-0.2, -0.15) is 0 Å². The summed E-state index contributed by atoms with van der Waals surface area (Å²) in [5.41, 5.74) is 0. The minimum atomic E-state index is -0.804. The molecule has 0 spiro atoms. The Morgan fingerprint density at radius 3 is 0.816 bits per heavy atom. The molecule has 6 heteroatoms. The topological polar surface area (TPSA) is 78.9 Å². The number of carbonyl (C=O) groups is 3. The van der Waals surface area contributed by atoms with Gasteiger partial charge in [0.15, 0.2) is 6.10 Å².